The Kier molecular flexibility index (Phi) is 4.81. The van der Waals surface area contributed by atoms with Crippen molar-refractivity contribution >= 4 is 6.08 Å². The van der Waals surface area contributed by atoms with Crippen LogP contribution in [0.4, 0.5) is 0 Å². The number of fused-ring (bicyclic) bond motifs is 2. The molecule has 2 aromatic rings. The van der Waals surface area contributed by atoms with Gasteiger partial charge < -0.3 is 26.2 Å². The van der Waals surface area contributed by atoms with Gasteiger partial charge in [0, 0.05) is 11.8 Å². The van der Waals surface area contributed by atoms with E-state index in [1.54, 1.807) is 5.57 Å². The molecule has 0 aromatic heterocycles. The molecule has 2 unspecified atom stereocenters. The number of hydrogen-bond acceptors (Lipinski definition) is 1. The quantitative estimate of drug-likeness (QED) is 0.636. The first-order valence-corrected chi connectivity index (χ1v) is 9.53. The van der Waals surface area contributed by atoms with Gasteiger partial charge in [-0.2, -0.15) is 0 Å². The Morgan fingerprint density at radius 3 is 2.54 bits per heavy atom. The largest absolute Gasteiger partial charge is 1.00 e. The van der Waals surface area contributed by atoms with Gasteiger partial charge in [0.25, 0.3) is 0 Å². The van der Waals surface area contributed by atoms with Crippen molar-refractivity contribution < 1.29 is 26.2 Å². The van der Waals surface area contributed by atoms with E-state index in [-0.39, 0.29) is 17.0 Å². The fourth-order valence-corrected chi connectivity index (χ4v) is 5.23. The van der Waals surface area contributed by atoms with Crippen molar-refractivity contribution in [1.29, 1.82) is 0 Å². The molecule has 3 heteroatoms. The van der Waals surface area contributed by atoms with E-state index in [4.69, 9.17) is 4.74 Å². The Morgan fingerprint density at radius 1 is 1.00 bits per heavy atom. The molecule has 5 rings (SSSR count). The molecule has 1 aliphatic carbocycles. The number of quaternary nitrogens is 1. The molecular formula is C23H26BrNO. The zero-order valence-electron chi connectivity index (χ0n) is 15.3. The lowest BCUT2D eigenvalue weighted by Gasteiger charge is -2.38. The molecule has 0 N–H and O–H groups in total. The molecule has 0 amide bonds. The van der Waals surface area contributed by atoms with E-state index in [0.717, 1.165) is 13.2 Å². The van der Waals surface area contributed by atoms with E-state index in [9.17, 15) is 0 Å². The number of hydrogen-bond donors (Lipinski definition) is 0. The monoisotopic (exact) mass is 411 g/mol. The van der Waals surface area contributed by atoms with Gasteiger partial charge in [-0.1, -0.05) is 54.1 Å². The van der Waals surface area contributed by atoms with Gasteiger partial charge in [0.05, 0.1) is 19.8 Å². The van der Waals surface area contributed by atoms with Crippen LogP contribution in [0.25, 0.3) is 6.08 Å². The number of ether oxygens (including phenoxy) is 1. The lowest BCUT2D eigenvalue weighted by molar-refractivity contribution is -0.923. The first-order chi connectivity index (χ1) is 12.2. The van der Waals surface area contributed by atoms with Gasteiger partial charge in [-0.25, -0.2) is 0 Å². The summed E-state index contributed by atoms with van der Waals surface area (Å²) in [6.07, 6.45) is 2.50. The van der Waals surface area contributed by atoms with Crippen LogP contribution in [0.3, 0.4) is 0 Å². The molecule has 0 saturated carbocycles. The van der Waals surface area contributed by atoms with E-state index >= 15 is 0 Å². The van der Waals surface area contributed by atoms with E-state index in [1.807, 2.05) is 0 Å². The highest BCUT2D eigenvalue weighted by Crippen LogP contribution is 2.48. The minimum absolute atomic E-state index is 0. The molecule has 2 fully saturated rings. The summed E-state index contributed by atoms with van der Waals surface area (Å²) in [6.45, 7) is 8.87. The molecule has 26 heavy (non-hydrogen) atoms. The molecule has 3 aliphatic rings. The predicted octanol–water partition coefficient (Wildman–Crippen LogP) is 1.00. The number of rotatable bonds is 1. The highest BCUT2D eigenvalue weighted by Gasteiger charge is 2.48. The van der Waals surface area contributed by atoms with Crippen LogP contribution in [-0.4, -0.2) is 43.9 Å². The fourth-order valence-electron chi connectivity index (χ4n) is 5.23. The lowest BCUT2D eigenvalue weighted by Crippen LogP contribution is -3.00. The van der Waals surface area contributed by atoms with Crippen LogP contribution < -0.4 is 17.0 Å². The number of benzene rings is 2. The van der Waals surface area contributed by atoms with Crippen molar-refractivity contribution in [2.24, 2.45) is 5.92 Å². The Hall–Kier alpha value is -1.42. The molecule has 0 bridgehead atoms. The highest BCUT2D eigenvalue weighted by atomic mass is 79.9. The second kappa shape index (κ2) is 6.95. The van der Waals surface area contributed by atoms with Gasteiger partial charge in [-0.3, -0.25) is 0 Å². The smallest absolute Gasteiger partial charge is 0.103 e. The van der Waals surface area contributed by atoms with Crippen LogP contribution >= 0.6 is 0 Å². The second-order valence-electron chi connectivity index (χ2n) is 8.09. The summed E-state index contributed by atoms with van der Waals surface area (Å²) >= 11 is 0. The topological polar surface area (TPSA) is 9.23 Å². The van der Waals surface area contributed by atoms with Gasteiger partial charge in [-0.15, -0.1) is 0 Å². The number of aryl methyl sites for hydroxylation is 1. The summed E-state index contributed by atoms with van der Waals surface area (Å²) in [5.41, 5.74) is 7.45. The molecule has 2 nitrogen and oxygen atoms in total. The first kappa shape index (κ1) is 18.0. The van der Waals surface area contributed by atoms with Crippen molar-refractivity contribution in [3.8, 4) is 0 Å². The summed E-state index contributed by atoms with van der Waals surface area (Å²) in [5, 5.41) is 0. The van der Waals surface area contributed by atoms with Crippen LogP contribution in [0.15, 0.2) is 54.1 Å². The van der Waals surface area contributed by atoms with Crippen molar-refractivity contribution in [2.75, 3.05) is 39.4 Å². The van der Waals surface area contributed by atoms with E-state index in [2.05, 4.69) is 61.5 Å². The molecule has 136 valence electrons. The third kappa shape index (κ3) is 2.96. The Bertz CT molecular complexity index is 823. The summed E-state index contributed by atoms with van der Waals surface area (Å²) in [6, 6.07) is 18.2. The molecule has 2 saturated heterocycles. The molecule has 1 spiro atoms. The zero-order chi connectivity index (χ0) is 16.9. The third-order valence-corrected chi connectivity index (χ3v) is 6.48. The molecule has 2 aromatic carbocycles. The van der Waals surface area contributed by atoms with Gasteiger partial charge in [0.15, 0.2) is 0 Å². The Morgan fingerprint density at radius 2 is 1.77 bits per heavy atom. The summed E-state index contributed by atoms with van der Waals surface area (Å²) in [4.78, 5) is 0. The highest BCUT2D eigenvalue weighted by molar-refractivity contribution is 5.65. The van der Waals surface area contributed by atoms with Gasteiger partial charge in [0.1, 0.15) is 19.6 Å². The van der Waals surface area contributed by atoms with Crippen LogP contribution in [0.5, 0.6) is 0 Å². The Balaban J connectivity index is 0.00000168. The average Bonchev–Trinajstić information content (AvgIpc) is 2.98. The van der Waals surface area contributed by atoms with E-state index < -0.39 is 0 Å². The van der Waals surface area contributed by atoms with Crippen molar-refractivity contribution in [3.05, 3.63) is 76.4 Å². The van der Waals surface area contributed by atoms with E-state index in [0.29, 0.717) is 11.8 Å². The van der Waals surface area contributed by atoms with Crippen molar-refractivity contribution in [3.63, 3.8) is 0 Å². The molecular weight excluding hydrogens is 386 g/mol. The zero-order valence-corrected chi connectivity index (χ0v) is 16.9. The maximum absolute atomic E-state index is 5.66. The minimum Gasteiger partial charge on any atom is -1.00 e. The maximum atomic E-state index is 5.66. The molecule has 2 aliphatic heterocycles. The van der Waals surface area contributed by atoms with Gasteiger partial charge >= 0.3 is 0 Å². The van der Waals surface area contributed by atoms with Gasteiger partial charge in [0.2, 0.25) is 0 Å². The van der Waals surface area contributed by atoms with Crippen molar-refractivity contribution in [2.45, 2.75) is 12.8 Å². The van der Waals surface area contributed by atoms with Crippen LogP contribution in [-0.2, 0) is 4.74 Å². The molecule has 2 atom stereocenters. The number of halogens is 1. The third-order valence-electron chi connectivity index (χ3n) is 6.48. The normalized spacial score (nSPS) is 25.8. The summed E-state index contributed by atoms with van der Waals surface area (Å²) in [7, 11) is 0. The van der Waals surface area contributed by atoms with E-state index in [1.165, 1.54) is 52.9 Å². The second-order valence-corrected chi connectivity index (χ2v) is 8.09. The number of nitrogens with zero attached hydrogens (tertiary/aromatic N) is 1. The Labute approximate surface area is 166 Å². The van der Waals surface area contributed by atoms with Crippen LogP contribution in [0.2, 0.25) is 0 Å². The average molecular weight is 412 g/mol. The van der Waals surface area contributed by atoms with Gasteiger partial charge in [-0.05, 0) is 35.3 Å². The standard InChI is InChI=1S/C23H26NO.BrH/c1-17-7-8-19-14-20-15-24(9-11-25-12-10-24)16-22(20)23(21(19)13-17)18-5-3-2-4-6-18;/h2-8,13-14,22-23H,9-12,15-16H2,1H3;1H/q+1;/p-1. The maximum Gasteiger partial charge on any atom is 0.103 e. The number of morpholine rings is 1. The van der Waals surface area contributed by atoms with Crippen molar-refractivity contribution in [1.82, 2.24) is 0 Å². The summed E-state index contributed by atoms with van der Waals surface area (Å²) in [5.74, 6) is 1.13. The minimum atomic E-state index is 0. The molecule has 2 heterocycles. The van der Waals surface area contributed by atoms with Crippen LogP contribution in [0.1, 0.15) is 28.2 Å². The van der Waals surface area contributed by atoms with Crippen LogP contribution in [0, 0.1) is 12.8 Å². The first-order valence-electron chi connectivity index (χ1n) is 9.53. The predicted molar refractivity (Wildman–Crippen MR) is 101 cm³/mol. The SMILES string of the molecule is Cc1ccc2c(c1)C(c1ccccc1)C1C[N+]3(CCOCC3)CC1=C2.[Br-]. The fraction of sp³-hybridized carbons (Fsp3) is 0.391. The lowest BCUT2D eigenvalue weighted by atomic mass is 9.72. The summed E-state index contributed by atoms with van der Waals surface area (Å²) < 4.78 is 6.89. The molecule has 0 radical (unpaired) electrons.